The van der Waals surface area contributed by atoms with Gasteiger partial charge in [0.1, 0.15) is 5.65 Å². The normalized spacial score (nSPS) is 18.2. The highest BCUT2D eigenvalue weighted by atomic mass is 15.1. The number of piperidine rings is 1. The van der Waals surface area contributed by atoms with Crippen molar-refractivity contribution in [1.82, 2.24) is 14.3 Å². The highest BCUT2D eigenvalue weighted by Crippen LogP contribution is 2.22. The number of hydrogen-bond donors (Lipinski definition) is 0. The van der Waals surface area contributed by atoms with Gasteiger partial charge in [-0.1, -0.05) is 6.07 Å². The summed E-state index contributed by atoms with van der Waals surface area (Å²) in [6.07, 6.45) is 8.12. The largest absolute Gasteiger partial charge is 0.307 e. The Kier molecular flexibility index (Phi) is 3.79. The maximum atomic E-state index is 4.75. The van der Waals surface area contributed by atoms with Crippen LogP contribution in [0.1, 0.15) is 37.9 Å². The van der Waals surface area contributed by atoms with Crippen molar-refractivity contribution < 1.29 is 0 Å². The van der Waals surface area contributed by atoms with Crippen molar-refractivity contribution in [2.75, 3.05) is 13.1 Å². The first-order chi connectivity index (χ1) is 9.61. The first-order valence-electron chi connectivity index (χ1n) is 7.80. The molecule has 108 valence electrons. The second kappa shape index (κ2) is 5.57. The fourth-order valence-corrected chi connectivity index (χ4v) is 3.22. The van der Waals surface area contributed by atoms with Crippen LogP contribution in [0.5, 0.6) is 0 Å². The summed E-state index contributed by atoms with van der Waals surface area (Å²) in [7, 11) is 0. The quantitative estimate of drug-likeness (QED) is 0.854. The van der Waals surface area contributed by atoms with Crippen LogP contribution in [0.3, 0.4) is 0 Å². The van der Waals surface area contributed by atoms with Gasteiger partial charge in [0.15, 0.2) is 0 Å². The summed E-state index contributed by atoms with van der Waals surface area (Å²) in [6.45, 7) is 9.21. The van der Waals surface area contributed by atoms with Crippen LogP contribution in [0.15, 0.2) is 24.5 Å². The molecular formula is C17H25N3. The van der Waals surface area contributed by atoms with Crippen LogP contribution < -0.4 is 0 Å². The molecule has 0 bridgehead atoms. The molecule has 0 N–H and O–H groups in total. The number of aromatic nitrogens is 2. The van der Waals surface area contributed by atoms with Crippen LogP contribution >= 0.6 is 0 Å². The van der Waals surface area contributed by atoms with Crippen molar-refractivity contribution >= 4 is 5.65 Å². The molecule has 20 heavy (non-hydrogen) atoms. The van der Waals surface area contributed by atoms with E-state index in [1.165, 1.54) is 37.2 Å². The summed E-state index contributed by atoms with van der Waals surface area (Å²) >= 11 is 0. The van der Waals surface area contributed by atoms with Gasteiger partial charge in [-0.05, 0) is 70.7 Å². The Balaban J connectivity index is 1.65. The van der Waals surface area contributed by atoms with Crippen molar-refractivity contribution in [2.45, 2.75) is 46.1 Å². The van der Waals surface area contributed by atoms with E-state index in [1.807, 2.05) is 0 Å². The van der Waals surface area contributed by atoms with Gasteiger partial charge in [0.25, 0.3) is 0 Å². The number of pyridine rings is 1. The Bertz CT molecular complexity index is 577. The number of imidazole rings is 1. The van der Waals surface area contributed by atoms with E-state index in [2.05, 4.69) is 54.6 Å². The lowest BCUT2D eigenvalue weighted by Gasteiger charge is -2.34. The second-order valence-corrected chi connectivity index (χ2v) is 6.48. The van der Waals surface area contributed by atoms with Crippen molar-refractivity contribution in [3.8, 4) is 0 Å². The maximum absolute atomic E-state index is 4.75. The van der Waals surface area contributed by atoms with Crippen LogP contribution in [-0.4, -0.2) is 33.4 Å². The van der Waals surface area contributed by atoms with E-state index in [1.54, 1.807) is 0 Å². The molecule has 1 saturated heterocycles. The predicted octanol–water partition coefficient (Wildman–Crippen LogP) is 3.31. The third-order valence-electron chi connectivity index (χ3n) is 4.53. The molecule has 0 atom stereocenters. The van der Waals surface area contributed by atoms with Gasteiger partial charge in [-0.2, -0.15) is 0 Å². The topological polar surface area (TPSA) is 20.5 Å². The molecule has 2 aromatic rings. The van der Waals surface area contributed by atoms with Gasteiger partial charge in [-0.3, -0.25) is 0 Å². The van der Waals surface area contributed by atoms with Gasteiger partial charge in [0.05, 0.1) is 5.69 Å². The third kappa shape index (κ3) is 2.88. The van der Waals surface area contributed by atoms with Crippen molar-refractivity contribution in [3.05, 3.63) is 35.8 Å². The number of nitrogens with zero attached hydrogens (tertiary/aromatic N) is 3. The minimum absolute atomic E-state index is 0.689. The van der Waals surface area contributed by atoms with Crippen LogP contribution in [0, 0.1) is 12.8 Å². The van der Waals surface area contributed by atoms with E-state index in [9.17, 15) is 0 Å². The number of rotatable bonds is 3. The Morgan fingerprint density at radius 2 is 1.95 bits per heavy atom. The molecular weight excluding hydrogens is 246 g/mol. The first kappa shape index (κ1) is 13.6. The van der Waals surface area contributed by atoms with Crippen molar-refractivity contribution in [2.24, 2.45) is 5.92 Å². The average Bonchev–Trinajstić information content (AvgIpc) is 2.80. The molecule has 0 radical (unpaired) electrons. The van der Waals surface area contributed by atoms with Crippen LogP contribution in [0.25, 0.3) is 5.65 Å². The molecule has 2 aromatic heterocycles. The van der Waals surface area contributed by atoms with E-state index in [4.69, 9.17) is 4.98 Å². The number of likely N-dealkylation sites (tertiary alicyclic amines) is 1. The highest BCUT2D eigenvalue weighted by molar-refractivity contribution is 5.41. The molecule has 1 fully saturated rings. The summed E-state index contributed by atoms with van der Waals surface area (Å²) in [4.78, 5) is 7.34. The molecule has 0 saturated carbocycles. The molecule has 3 nitrogen and oxygen atoms in total. The summed E-state index contributed by atoms with van der Waals surface area (Å²) in [5.41, 5.74) is 3.61. The van der Waals surface area contributed by atoms with Gasteiger partial charge in [-0.25, -0.2) is 4.98 Å². The van der Waals surface area contributed by atoms with Crippen molar-refractivity contribution in [3.63, 3.8) is 0 Å². The highest BCUT2D eigenvalue weighted by Gasteiger charge is 2.21. The molecule has 0 amide bonds. The smallest absolute Gasteiger partial charge is 0.136 e. The van der Waals surface area contributed by atoms with Gasteiger partial charge < -0.3 is 9.30 Å². The molecule has 0 unspecified atom stereocenters. The van der Waals surface area contributed by atoms with E-state index in [-0.39, 0.29) is 0 Å². The fourth-order valence-electron chi connectivity index (χ4n) is 3.22. The monoisotopic (exact) mass is 271 g/mol. The summed E-state index contributed by atoms with van der Waals surface area (Å²) in [5, 5.41) is 0. The lowest BCUT2D eigenvalue weighted by atomic mass is 9.92. The first-order valence-corrected chi connectivity index (χ1v) is 7.80. The summed E-state index contributed by atoms with van der Waals surface area (Å²) in [6, 6.07) is 4.93. The number of aryl methyl sites for hydroxylation is 1. The Hall–Kier alpha value is -1.35. The third-order valence-corrected chi connectivity index (χ3v) is 4.53. The fraction of sp³-hybridized carbons (Fsp3) is 0.588. The number of hydrogen-bond acceptors (Lipinski definition) is 2. The zero-order valence-corrected chi connectivity index (χ0v) is 12.8. The molecule has 3 rings (SSSR count). The molecule has 3 heteroatoms. The van der Waals surface area contributed by atoms with Gasteiger partial charge in [-0.15, -0.1) is 0 Å². The standard InChI is InChI=1S/C17H25N3/c1-13(2)19-8-6-15(7-9-19)10-16-12-20-11-14(3)4-5-17(20)18-16/h4-5,11-13,15H,6-10H2,1-3H3. The minimum atomic E-state index is 0.689. The number of fused-ring (bicyclic) bond motifs is 1. The SMILES string of the molecule is Cc1ccc2nc(CC3CCN(C(C)C)CC3)cn2c1. The zero-order valence-electron chi connectivity index (χ0n) is 12.8. The Morgan fingerprint density at radius 1 is 1.20 bits per heavy atom. The van der Waals surface area contributed by atoms with Crippen molar-refractivity contribution in [1.29, 1.82) is 0 Å². The lowest BCUT2D eigenvalue weighted by molar-refractivity contribution is 0.149. The molecule has 1 aliphatic heterocycles. The molecule has 0 spiro atoms. The van der Waals surface area contributed by atoms with E-state index < -0.39 is 0 Å². The lowest BCUT2D eigenvalue weighted by Crippen LogP contribution is -2.38. The van der Waals surface area contributed by atoms with Gasteiger partial charge >= 0.3 is 0 Å². The van der Waals surface area contributed by atoms with E-state index in [0.717, 1.165) is 18.0 Å². The summed E-state index contributed by atoms with van der Waals surface area (Å²) < 4.78 is 2.16. The van der Waals surface area contributed by atoms with Gasteiger partial charge in [0.2, 0.25) is 0 Å². The van der Waals surface area contributed by atoms with Crippen LogP contribution in [0.4, 0.5) is 0 Å². The van der Waals surface area contributed by atoms with Crippen LogP contribution in [0.2, 0.25) is 0 Å². The Morgan fingerprint density at radius 3 is 2.65 bits per heavy atom. The van der Waals surface area contributed by atoms with Crippen LogP contribution in [-0.2, 0) is 6.42 Å². The minimum Gasteiger partial charge on any atom is -0.307 e. The molecule has 3 heterocycles. The summed E-state index contributed by atoms with van der Waals surface area (Å²) in [5.74, 6) is 0.802. The van der Waals surface area contributed by atoms with Gasteiger partial charge in [0, 0.05) is 18.4 Å². The van der Waals surface area contributed by atoms with E-state index >= 15 is 0 Å². The zero-order chi connectivity index (χ0) is 14.1. The van der Waals surface area contributed by atoms with E-state index in [0.29, 0.717) is 6.04 Å². The molecule has 0 aliphatic carbocycles. The molecule has 0 aromatic carbocycles. The maximum Gasteiger partial charge on any atom is 0.136 e. The molecule has 1 aliphatic rings. The predicted molar refractivity (Wildman–Crippen MR) is 83.1 cm³/mol. The Labute approximate surface area is 121 Å². The second-order valence-electron chi connectivity index (χ2n) is 6.48. The average molecular weight is 271 g/mol.